The van der Waals surface area contributed by atoms with Gasteiger partial charge in [-0.2, -0.15) is 4.98 Å². The van der Waals surface area contributed by atoms with Crippen molar-refractivity contribution in [3.8, 4) is 11.6 Å². The highest BCUT2D eigenvalue weighted by atomic mass is 16.5. The minimum Gasteiger partial charge on any atom is -0.494 e. The van der Waals surface area contributed by atoms with Gasteiger partial charge in [0.05, 0.1) is 25.5 Å². The first kappa shape index (κ1) is 18.0. The predicted octanol–water partition coefficient (Wildman–Crippen LogP) is 2.23. The maximum Gasteiger partial charge on any atom is 0.253 e. The summed E-state index contributed by atoms with van der Waals surface area (Å²) in [5.41, 5.74) is 0.656. The van der Waals surface area contributed by atoms with Crippen LogP contribution in [0.1, 0.15) is 23.7 Å². The summed E-state index contributed by atoms with van der Waals surface area (Å²) in [5, 5.41) is 0. The summed E-state index contributed by atoms with van der Waals surface area (Å²) in [6.07, 6.45) is 3.98. The number of benzene rings is 1. The highest BCUT2D eigenvalue weighted by Gasteiger charge is 2.28. The van der Waals surface area contributed by atoms with Gasteiger partial charge in [0.25, 0.3) is 5.91 Å². The van der Waals surface area contributed by atoms with E-state index in [1.54, 1.807) is 24.5 Å². The third-order valence-electron chi connectivity index (χ3n) is 4.19. The molecular weight excluding hydrogens is 332 g/mol. The average Bonchev–Trinajstić information content (AvgIpc) is 3.11. The molecule has 1 aliphatic heterocycles. The zero-order valence-electron chi connectivity index (χ0n) is 15.4. The molecule has 0 spiro atoms. The van der Waals surface area contributed by atoms with E-state index in [0.717, 1.165) is 18.0 Å². The van der Waals surface area contributed by atoms with E-state index in [9.17, 15) is 4.79 Å². The zero-order chi connectivity index (χ0) is 18.5. The lowest BCUT2D eigenvalue weighted by Crippen LogP contribution is -2.31. The molecule has 0 radical (unpaired) electrons. The monoisotopic (exact) mass is 356 g/mol. The molecule has 1 aliphatic rings. The first-order valence-corrected chi connectivity index (χ1v) is 8.75. The van der Waals surface area contributed by atoms with Gasteiger partial charge in [0.15, 0.2) is 5.82 Å². The number of ether oxygens (including phenoxy) is 2. The molecule has 2 heterocycles. The molecule has 1 amide bonds. The minimum atomic E-state index is -0.0756. The lowest BCUT2D eigenvalue weighted by atomic mass is 10.2. The van der Waals surface area contributed by atoms with E-state index in [0.29, 0.717) is 31.1 Å². The van der Waals surface area contributed by atoms with E-state index < -0.39 is 0 Å². The Morgan fingerprint density at radius 1 is 1.27 bits per heavy atom. The van der Waals surface area contributed by atoms with Gasteiger partial charge in [-0.3, -0.25) is 9.78 Å². The van der Waals surface area contributed by atoms with Crippen LogP contribution in [0, 0.1) is 0 Å². The van der Waals surface area contributed by atoms with Gasteiger partial charge >= 0.3 is 0 Å². The molecule has 0 N–H and O–H groups in total. The molecule has 138 valence electrons. The van der Waals surface area contributed by atoms with Crippen molar-refractivity contribution < 1.29 is 14.3 Å². The fraction of sp³-hybridized carbons (Fsp3) is 0.421. The molecule has 1 atom stereocenters. The Hall–Kier alpha value is -2.83. The second kappa shape index (κ2) is 8.03. The topological polar surface area (TPSA) is 67.8 Å². The number of amides is 1. The van der Waals surface area contributed by atoms with Gasteiger partial charge in [-0.05, 0) is 31.2 Å². The molecule has 7 nitrogen and oxygen atoms in total. The maximum absolute atomic E-state index is 12.7. The third kappa shape index (κ3) is 4.22. The molecule has 1 aromatic carbocycles. The molecule has 1 saturated heterocycles. The van der Waals surface area contributed by atoms with Crippen LogP contribution in [0.3, 0.4) is 0 Å². The standard InChI is InChI=1S/C19H24N4O3/c1-4-25-15-7-5-14(6-8-15)19(24)23-10-9-16(13-23)26-18-12-20-11-17(21-18)22(2)3/h5-8,11-12,16H,4,9-10,13H2,1-3H3. The normalized spacial score (nSPS) is 16.4. The van der Waals surface area contributed by atoms with Gasteiger partial charge in [-0.25, -0.2) is 0 Å². The van der Waals surface area contributed by atoms with Gasteiger partial charge < -0.3 is 19.3 Å². The van der Waals surface area contributed by atoms with Gasteiger partial charge in [0, 0.05) is 32.6 Å². The Morgan fingerprint density at radius 3 is 2.73 bits per heavy atom. The van der Waals surface area contributed by atoms with Crippen LogP contribution in [-0.4, -0.2) is 60.7 Å². The van der Waals surface area contributed by atoms with E-state index in [4.69, 9.17) is 9.47 Å². The summed E-state index contributed by atoms with van der Waals surface area (Å²) in [7, 11) is 3.81. The number of anilines is 1. The molecule has 0 saturated carbocycles. The SMILES string of the molecule is CCOc1ccc(C(=O)N2CCC(Oc3cncc(N(C)C)n3)C2)cc1. The largest absolute Gasteiger partial charge is 0.494 e. The van der Waals surface area contributed by atoms with Crippen molar-refractivity contribution in [3.63, 3.8) is 0 Å². The van der Waals surface area contributed by atoms with Crippen LogP contribution in [-0.2, 0) is 0 Å². The van der Waals surface area contributed by atoms with Gasteiger partial charge in [0.1, 0.15) is 11.9 Å². The first-order valence-electron chi connectivity index (χ1n) is 8.75. The first-order chi connectivity index (χ1) is 12.6. The van der Waals surface area contributed by atoms with E-state index in [-0.39, 0.29) is 12.0 Å². The zero-order valence-corrected chi connectivity index (χ0v) is 15.4. The highest BCUT2D eigenvalue weighted by molar-refractivity contribution is 5.94. The summed E-state index contributed by atoms with van der Waals surface area (Å²) < 4.78 is 11.3. The smallest absolute Gasteiger partial charge is 0.253 e. The second-order valence-electron chi connectivity index (χ2n) is 6.35. The van der Waals surface area contributed by atoms with Crippen LogP contribution in [0.15, 0.2) is 36.7 Å². The van der Waals surface area contributed by atoms with Crippen LogP contribution in [0.4, 0.5) is 5.82 Å². The summed E-state index contributed by atoms with van der Waals surface area (Å²) in [6, 6.07) is 7.24. The van der Waals surface area contributed by atoms with Crippen LogP contribution < -0.4 is 14.4 Å². The van der Waals surface area contributed by atoms with Crippen molar-refractivity contribution in [3.05, 3.63) is 42.2 Å². The van der Waals surface area contributed by atoms with E-state index in [2.05, 4.69) is 9.97 Å². The maximum atomic E-state index is 12.7. The molecule has 7 heteroatoms. The molecule has 3 rings (SSSR count). The molecular formula is C19H24N4O3. The molecule has 1 unspecified atom stereocenters. The molecule has 0 aliphatic carbocycles. The fourth-order valence-corrected chi connectivity index (χ4v) is 2.83. The van der Waals surface area contributed by atoms with Crippen molar-refractivity contribution >= 4 is 11.7 Å². The summed E-state index contributed by atoms with van der Waals surface area (Å²) >= 11 is 0. The Labute approximate surface area is 153 Å². The van der Waals surface area contributed by atoms with Gasteiger partial charge in [0.2, 0.25) is 5.88 Å². The van der Waals surface area contributed by atoms with Crippen molar-refractivity contribution in [1.82, 2.24) is 14.9 Å². The lowest BCUT2D eigenvalue weighted by Gasteiger charge is -2.18. The van der Waals surface area contributed by atoms with E-state index in [1.807, 2.05) is 43.0 Å². The lowest BCUT2D eigenvalue weighted by molar-refractivity contribution is 0.0771. The number of carbonyl (C=O) groups is 1. The Balaban J connectivity index is 1.59. The van der Waals surface area contributed by atoms with Crippen molar-refractivity contribution in [2.45, 2.75) is 19.4 Å². The van der Waals surface area contributed by atoms with Crippen molar-refractivity contribution in [2.24, 2.45) is 0 Å². The summed E-state index contributed by atoms with van der Waals surface area (Å²) in [6.45, 7) is 3.75. The Bertz CT molecular complexity index is 749. The van der Waals surface area contributed by atoms with Crippen LogP contribution in [0.2, 0.25) is 0 Å². The quantitative estimate of drug-likeness (QED) is 0.791. The predicted molar refractivity (Wildman–Crippen MR) is 98.9 cm³/mol. The number of hydrogen-bond acceptors (Lipinski definition) is 6. The van der Waals surface area contributed by atoms with Crippen molar-refractivity contribution in [1.29, 1.82) is 0 Å². The average molecular weight is 356 g/mol. The summed E-state index contributed by atoms with van der Waals surface area (Å²) in [4.78, 5) is 24.9. The second-order valence-corrected chi connectivity index (χ2v) is 6.35. The molecule has 1 fully saturated rings. The number of aromatic nitrogens is 2. The van der Waals surface area contributed by atoms with Crippen LogP contribution in [0.5, 0.6) is 11.6 Å². The Kier molecular flexibility index (Phi) is 5.55. The van der Waals surface area contributed by atoms with Crippen LogP contribution in [0.25, 0.3) is 0 Å². The fourth-order valence-electron chi connectivity index (χ4n) is 2.83. The summed E-state index contributed by atoms with van der Waals surface area (Å²) in [5.74, 6) is 2.00. The number of rotatable bonds is 6. The van der Waals surface area contributed by atoms with Gasteiger partial charge in [-0.1, -0.05) is 0 Å². The van der Waals surface area contributed by atoms with Gasteiger partial charge in [-0.15, -0.1) is 0 Å². The molecule has 1 aromatic heterocycles. The number of likely N-dealkylation sites (tertiary alicyclic amines) is 1. The molecule has 0 bridgehead atoms. The Morgan fingerprint density at radius 2 is 2.04 bits per heavy atom. The van der Waals surface area contributed by atoms with E-state index in [1.165, 1.54) is 0 Å². The molecule has 2 aromatic rings. The number of nitrogens with zero attached hydrogens (tertiary/aromatic N) is 4. The molecule has 26 heavy (non-hydrogen) atoms. The van der Waals surface area contributed by atoms with Crippen molar-refractivity contribution in [2.75, 3.05) is 38.7 Å². The minimum absolute atomic E-state index is 0.00674. The van der Waals surface area contributed by atoms with Crippen LogP contribution >= 0.6 is 0 Å². The third-order valence-corrected chi connectivity index (χ3v) is 4.19. The number of hydrogen-bond donors (Lipinski definition) is 0. The highest BCUT2D eigenvalue weighted by Crippen LogP contribution is 2.20. The number of carbonyl (C=O) groups excluding carboxylic acids is 1. The van der Waals surface area contributed by atoms with E-state index >= 15 is 0 Å².